The van der Waals surface area contributed by atoms with Gasteiger partial charge in [-0.3, -0.25) is 9.00 Å². The molecule has 3 nitrogen and oxygen atoms in total. The van der Waals surface area contributed by atoms with Crippen LogP contribution in [0.1, 0.15) is 37.5 Å². The molecule has 4 heteroatoms. The van der Waals surface area contributed by atoms with E-state index in [9.17, 15) is 9.00 Å². The topological polar surface area (TPSA) is 43.4 Å². The molecule has 0 amide bonds. The summed E-state index contributed by atoms with van der Waals surface area (Å²) in [5, 5.41) is -0.655. The van der Waals surface area contributed by atoms with E-state index >= 15 is 0 Å². The normalized spacial score (nSPS) is 13.9. The summed E-state index contributed by atoms with van der Waals surface area (Å²) < 4.78 is 17.3. The predicted octanol–water partition coefficient (Wildman–Crippen LogP) is 2.84. The summed E-state index contributed by atoms with van der Waals surface area (Å²) in [5.74, 6) is 0.146. The number of esters is 1. The summed E-state index contributed by atoms with van der Waals surface area (Å²) in [6, 6.07) is 9.22. The summed E-state index contributed by atoms with van der Waals surface area (Å²) in [5.41, 5.74) is 0.769. The summed E-state index contributed by atoms with van der Waals surface area (Å²) in [4.78, 5) is 11.9. The molecule has 100 valence electrons. The lowest BCUT2D eigenvalue weighted by atomic mass is 10.1. The molecule has 0 aliphatic heterocycles. The standard InChI is InChI=1S/C14H20O3S/c1-3-5-11-18(16)13(14(15)17-4-2)12-9-7-6-8-10-12/h6-10,13H,3-5,11H2,1-2H3. The molecule has 0 N–H and O–H groups in total. The van der Waals surface area contributed by atoms with Crippen molar-refractivity contribution in [1.82, 2.24) is 0 Å². The van der Waals surface area contributed by atoms with E-state index in [2.05, 4.69) is 0 Å². The average molecular weight is 268 g/mol. The lowest BCUT2D eigenvalue weighted by Crippen LogP contribution is -2.22. The molecule has 1 rings (SSSR count). The first kappa shape index (κ1) is 14.9. The van der Waals surface area contributed by atoms with E-state index in [-0.39, 0.29) is 0 Å². The fourth-order valence-electron chi connectivity index (χ4n) is 1.65. The highest BCUT2D eigenvalue weighted by molar-refractivity contribution is 7.86. The van der Waals surface area contributed by atoms with E-state index in [0.717, 1.165) is 18.4 Å². The van der Waals surface area contributed by atoms with Crippen LogP contribution in [0.2, 0.25) is 0 Å². The Morgan fingerprint density at radius 2 is 1.94 bits per heavy atom. The van der Waals surface area contributed by atoms with Crippen LogP contribution in [0.15, 0.2) is 30.3 Å². The second kappa shape index (κ2) is 8.03. The van der Waals surface area contributed by atoms with Gasteiger partial charge >= 0.3 is 5.97 Å². The monoisotopic (exact) mass is 268 g/mol. The van der Waals surface area contributed by atoms with Crippen LogP contribution in [0.5, 0.6) is 0 Å². The van der Waals surface area contributed by atoms with Gasteiger partial charge in [0, 0.05) is 16.6 Å². The molecular formula is C14H20O3S. The van der Waals surface area contributed by atoms with Crippen LogP contribution in [0.4, 0.5) is 0 Å². The van der Waals surface area contributed by atoms with Crippen molar-refractivity contribution in [3.63, 3.8) is 0 Å². The summed E-state index contributed by atoms with van der Waals surface area (Å²) >= 11 is 0. The Hall–Kier alpha value is -1.16. The van der Waals surface area contributed by atoms with Gasteiger partial charge in [-0.2, -0.15) is 0 Å². The van der Waals surface area contributed by atoms with E-state index in [4.69, 9.17) is 4.74 Å². The number of carbonyl (C=O) groups is 1. The third kappa shape index (κ3) is 4.26. The van der Waals surface area contributed by atoms with E-state index in [1.807, 2.05) is 37.3 Å². The lowest BCUT2D eigenvalue weighted by Gasteiger charge is -2.15. The van der Waals surface area contributed by atoms with Crippen molar-refractivity contribution in [2.75, 3.05) is 12.4 Å². The highest BCUT2D eigenvalue weighted by Gasteiger charge is 2.27. The van der Waals surface area contributed by atoms with Gasteiger partial charge in [-0.1, -0.05) is 43.7 Å². The molecule has 0 saturated heterocycles. The number of benzene rings is 1. The van der Waals surface area contributed by atoms with Crippen LogP contribution in [0, 0.1) is 0 Å². The van der Waals surface area contributed by atoms with Gasteiger partial charge in [0.15, 0.2) is 5.25 Å². The number of hydrogen-bond acceptors (Lipinski definition) is 3. The van der Waals surface area contributed by atoms with Gasteiger partial charge in [-0.15, -0.1) is 0 Å². The van der Waals surface area contributed by atoms with Gasteiger partial charge in [0.2, 0.25) is 0 Å². The van der Waals surface area contributed by atoms with Gasteiger partial charge in [-0.05, 0) is 18.9 Å². The average Bonchev–Trinajstić information content (AvgIpc) is 2.38. The molecule has 0 fully saturated rings. The van der Waals surface area contributed by atoms with E-state index in [1.54, 1.807) is 6.92 Å². The highest BCUT2D eigenvalue weighted by atomic mass is 32.2. The minimum atomic E-state index is -1.21. The van der Waals surface area contributed by atoms with Crippen molar-refractivity contribution in [2.24, 2.45) is 0 Å². The molecule has 0 aliphatic rings. The lowest BCUT2D eigenvalue weighted by molar-refractivity contribution is -0.142. The number of rotatable bonds is 7. The molecule has 1 aromatic carbocycles. The summed E-state index contributed by atoms with van der Waals surface area (Å²) in [6.07, 6.45) is 1.82. The molecular weight excluding hydrogens is 248 g/mol. The number of unbranched alkanes of at least 4 members (excludes halogenated alkanes) is 1. The van der Waals surface area contributed by atoms with Gasteiger partial charge < -0.3 is 4.74 Å². The first-order valence-corrected chi connectivity index (χ1v) is 7.67. The van der Waals surface area contributed by atoms with Gasteiger partial charge in [0.1, 0.15) is 0 Å². The molecule has 0 bridgehead atoms. The van der Waals surface area contributed by atoms with Crippen LogP contribution in [-0.4, -0.2) is 22.5 Å². The largest absolute Gasteiger partial charge is 0.465 e. The predicted molar refractivity (Wildman–Crippen MR) is 73.7 cm³/mol. The van der Waals surface area contributed by atoms with Gasteiger partial charge in [0.25, 0.3) is 0 Å². The Morgan fingerprint density at radius 1 is 1.28 bits per heavy atom. The molecule has 2 atom stereocenters. The first-order chi connectivity index (χ1) is 8.70. The second-order valence-corrected chi connectivity index (χ2v) is 5.62. The zero-order chi connectivity index (χ0) is 13.4. The Balaban J connectivity index is 2.88. The molecule has 0 aliphatic carbocycles. The van der Waals surface area contributed by atoms with E-state index in [1.165, 1.54) is 0 Å². The maximum absolute atomic E-state index is 12.2. The van der Waals surface area contributed by atoms with Gasteiger partial charge in [0.05, 0.1) is 6.61 Å². The fraction of sp³-hybridized carbons (Fsp3) is 0.500. The zero-order valence-electron chi connectivity index (χ0n) is 10.9. The first-order valence-electron chi connectivity index (χ1n) is 6.29. The minimum absolute atomic E-state index is 0.313. The van der Waals surface area contributed by atoms with Crippen molar-refractivity contribution in [2.45, 2.75) is 31.9 Å². The third-order valence-corrected chi connectivity index (χ3v) is 4.25. The van der Waals surface area contributed by atoms with Gasteiger partial charge in [-0.25, -0.2) is 0 Å². The fourth-order valence-corrected chi connectivity index (χ4v) is 3.20. The third-order valence-electron chi connectivity index (χ3n) is 2.56. The highest BCUT2D eigenvalue weighted by Crippen LogP contribution is 2.22. The minimum Gasteiger partial charge on any atom is -0.465 e. The number of hydrogen-bond donors (Lipinski definition) is 0. The second-order valence-electron chi connectivity index (χ2n) is 3.98. The quantitative estimate of drug-likeness (QED) is 0.714. The zero-order valence-corrected chi connectivity index (χ0v) is 11.7. The molecule has 18 heavy (non-hydrogen) atoms. The summed E-state index contributed by atoms with van der Waals surface area (Å²) in [7, 11) is -1.21. The van der Waals surface area contributed by atoms with Crippen LogP contribution in [-0.2, 0) is 20.3 Å². The number of ether oxygens (including phenoxy) is 1. The SMILES string of the molecule is CCCCS(=O)C(C(=O)OCC)c1ccccc1. The van der Waals surface area contributed by atoms with Crippen molar-refractivity contribution in [1.29, 1.82) is 0 Å². The maximum Gasteiger partial charge on any atom is 0.326 e. The van der Waals surface area contributed by atoms with Crippen LogP contribution in [0.25, 0.3) is 0 Å². The van der Waals surface area contributed by atoms with E-state index in [0.29, 0.717) is 12.4 Å². The van der Waals surface area contributed by atoms with Crippen LogP contribution < -0.4 is 0 Å². The van der Waals surface area contributed by atoms with Crippen molar-refractivity contribution in [3.8, 4) is 0 Å². The molecule has 0 spiro atoms. The molecule has 0 saturated carbocycles. The Bertz CT molecular complexity index is 389. The molecule has 0 radical (unpaired) electrons. The Labute approximate surface area is 111 Å². The molecule has 0 aromatic heterocycles. The molecule has 0 heterocycles. The molecule has 1 aromatic rings. The Kier molecular flexibility index (Phi) is 6.65. The maximum atomic E-state index is 12.2. The van der Waals surface area contributed by atoms with E-state index < -0.39 is 22.0 Å². The van der Waals surface area contributed by atoms with Crippen molar-refractivity contribution >= 4 is 16.8 Å². The smallest absolute Gasteiger partial charge is 0.326 e. The van der Waals surface area contributed by atoms with Crippen molar-refractivity contribution < 1.29 is 13.7 Å². The summed E-state index contributed by atoms with van der Waals surface area (Å²) in [6.45, 7) is 4.11. The van der Waals surface area contributed by atoms with Crippen LogP contribution in [0.3, 0.4) is 0 Å². The number of carbonyl (C=O) groups excluding carboxylic acids is 1. The Morgan fingerprint density at radius 3 is 2.50 bits per heavy atom. The van der Waals surface area contributed by atoms with Crippen molar-refractivity contribution in [3.05, 3.63) is 35.9 Å². The van der Waals surface area contributed by atoms with Crippen LogP contribution >= 0.6 is 0 Å². The molecule has 2 unspecified atom stereocenters.